The van der Waals surface area contributed by atoms with E-state index in [2.05, 4.69) is 5.32 Å². The van der Waals surface area contributed by atoms with E-state index in [-0.39, 0.29) is 10.8 Å². The average Bonchev–Trinajstić information content (AvgIpc) is 2.74. The summed E-state index contributed by atoms with van der Waals surface area (Å²) in [6.45, 7) is 1.10. The Labute approximate surface area is 165 Å². The van der Waals surface area contributed by atoms with E-state index in [0.717, 1.165) is 30.0 Å². The van der Waals surface area contributed by atoms with Crippen LogP contribution in [0.5, 0.6) is 0 Å². The van der Waals surface area contributed by atoms with Crippen molar-refractivity contribution in [2.75, 3.05) is 18.4 Å². The lowest BCUT2D eigenvalue weighted by Crippen LogP contribution is -2.35. The van der Waals surface area contributed by atoms with Gasteiger partial charge in [0.1, 0.15) is 0 Å². The summed E-state index contributed by atoms with van der Waals surface area (Å²) >= 11 is 0. The van der Waals surface area contributed by atoms with E-state index in [9.17, 15) is 13.2 Å². The van der Waals surface area contributed by atoms with Crippen molar-refractivity contribution in [3.63, 3.8) is 0 Å². The molecule has 0 aromatic heterocycles. The van der Waals surface area contributed by atoms with Crippen LogP contribution < -0.4 is 5.32 Å². The van der Waals surface area contributed by atoms with Gasteiger partial charge in [0.2, 0.25) is 10.0 Å². The highest BCUT2D eigenvalue weighted by molar-refractivity contribution is 7.89. The van der Waals surface area contributed by atoms with Crippen molar-refractivity contribution in [3.8, 4) is 0 Å². The lowest BCUT2D eigenvalue weighted by Gasteiger charge is -2.26. The molecule has 6 heteroatoms. The third-order valence-electron chi connectivity index (χ3n) is 5.08. The maximum atomic E-state index is 12.9. The van der Waals surface area contributed by atoms with E-state index in [1.165, 1.54) is 10.4 Å². The van der Waals surface area contributed by atoms with Gasteiger partial charge in [-0.2, -0.15) is 4.31 Å². The number of anilines is 1. The Bertz CT molecular complexity index is 1110. The zero-order chi connectivity index (χ0) is 19.6. The molecule has 1 N–H and O–H groups in total. The number of nitrogens with zero attached hydrogens (tertiary/aromatic N) is 1. The van der Waals surface area contributed by atoms with Crippen LogP contribution in [0, 0.1) is 0 Å². The van der Waals surface area contributed by atoms with Crippen molar-refractivity contribution in [1.29, 1.82) is 0 Å². The van der Waals surface area contributed by atoms with E-state index in [4.69, 9.17) is 0 Å². The number of piperidine rings is 1. The fourth-order valence-corrected chi connectivity index (χ4v) is 5.17. The summed E-state index contributed by atoms with van der Waals surface area (Å²) in [7, 11) is -3.54. The molecule has 0 aliphatic carbocycles. The van der Waals surface area contributed by atoms with E-state index >= 15 is 0 Å². The van der Waals surface area contributed by atoms with Gasteiger partial charge in [-0.1, -0.05) is 48.9 Å². The Morgan fingerprint density at radius 1 is 0.857 bits per heavy atom. The Morgan fingerprint density at radius 2 is 1.57 bits per heavy atom. The van der Waals surface area contributed by atoms with Crippen molar-refractivity contribution in [2.45, 2.75) is 24.2 Å². The summed E-state index contributed by atoms with van der Waals surface area (Å²) in [5.74, 6) is -0.260. The number of benzene rings is 3. The largest absolute Gasteiger partial charge is 0.322 e. The molecule has 1 amide bonds. The first-order valence-corrected chi connectivity index (χ1v) is 10.9. The minimum Gasteiger partial charge on any atom is -0.322 e. The lowest BCUT2D eigenvalue weighted by molar-refractivity contribution is 0.102. The predicted molar refractivity (Wildman–Crippen MR) is 111 cm³/mol. The maximum absolute atomic E-state index is 12.9. The number of amides is 1. The molecule has 144 valence electrons. The molecule has 1 aliphatic rings. The van der Waals surface area contributed by atoms with E-state index < -0.39 is 10.0 Å². The van der Waals surface area contributed by atoms with Gasteiger partial charge in [0.25, 0.3) is 5.91 Å². The predicted octanol–water partition coefficient (Wildman–Crippen LogP) is 4.27. The second-order valence-corrected chi connectivity index (χ2v) is 8.91. The van der Waals surface area contributed by atoms with Crippen LogP contribution in [0.25, 0.3) is 10.8 Å². The van der Waals surface area contributed by atoms with Gasteiger partial charge in [-0.15, -0.1) is 0 Å². The van der Waals surface area contributed by atoms with Crippen molar-refractivity contribution in [1.82, 2.24) is 4.31 Å². The van der Waals surface area contributed by atoms with Crippen LogP contribution in [0.1, 0.15) is 29.6 Å². The summed E-state index contributed by atoms with van der Waals surface area (Å²) in [6, 6.07) is 19.7. The monoisotopic (exact) mass is 394 g/mol. The van der Waals surface area contributed by atoms with Gasteiger partial charge in [0.15, 0.2) is 0 Å². The zero-order valence-corrected chi connectivity index (χ0v) is 16.3. The highest BCUT2D eigenvalue weighted by Crippen LogP contribution is 2.24. The molecule has 1 saturated heterocycles. The van der Waals surface area contributed by atoms with Crippen molar-refractivity contribution >= 4 is 32.4 Å². The van der Waals surface area contributed by atoms with Gasteiger partial charge in [0.05, 0.1) is 4.90 Å². The Kier molecular flexibility index (Phi) is 5.15. The summed E-state index contributed by atoms with van der Waals surface area (Å²) in [6.07, 6.45) is 2.83. The number of carbonyl (C=O) groups is 1. The van der Waals surface area contributed by atoms with Crippen LogP contribution in [0.4, 0.5) is 5.69 Å². The molecule has 3 aromatic rings. The Balaban J connectivity index is 1.60. The summed E-state index contributed by atoms with van der Waals surface area (Å²) in [4.78, 5) is 13.0. The topological polar surface area (TPSA) is 66.5 Å². The molecule has 1 heterocycles. The third-order valence-corrected chi connectivity index (χ3v) is 6.97. The van der Waals surface area contributed by atoms with Crippen molar-refractivity contribution < 1.29 is 13.2 Å². The zero-order valence-electron chi connectivity index (χ0n) is 15.5. The molecular formula is C22H22N2O3S. The molecule has 0 radical (unpaired) electrons. The fraction of sp³-hybridized carbons (Fsp3) is 0.227. The van der Waals surface area contributed by atoms with Crippen molar-refractivity contribution in [2.24, 2.45) is 0 Å². The quantitative estimate of drug-likeness (QED) is 0.719. The molecule has 5 nitrogen and oxygen atoms in total. The van der Waals surface area contributed by atoms with Gasteiger partial charge in [-0.25, -0.2) is 8.42 Å². The number of fused-ring (bicyclic) bond motifs is 1. The van der Waals surface area contributed by atoms with Crippen LogP contribution in [0.15, 0.2) is 71.6 Å². The van der Waals surface area contributed by atoms with Crippen LogP contribution in [0.3, 0.4) is 0 Å². The first kappa shape index (κ1) is 18.7. The summed E-state index contributed by atoms with van der Waals surface area (Å²) in [5, 5.41) is 4.69. The summed E-state index contributed by atoms with van der Waals surface area (Å²) < 4.78 is 27.3. The molecule has 0 spiro atoms. The maximum Gasteiger partial charge on any atom is 0.256 e. The SMILES string of the molecule is O=C(Nc1cccc(S(=O)(=O)N2CCCCC2)c1)c1cccc2ccccc12. The highest BCUT2D eigenvalue weighted by Gasteiger charge is 2.26. The third kappa shape index (κ3) is 3.66. The number of hydrogen-bond donors (Lipinski definition) is 1. The van der Waals surface area contributed by atoms with Crippen LogP contribution in [-0.4, -0.2) is 31.7 Å². The summed E-state index contributed by atoms with van der Waals surface area (Å²) in [5.41, 5.74) is 1.03. The molecule has 1 fully saturated rings. The first-order chi connectivity index (χ1) is 13.6. The van der Waals surface area contributed by atoms with Gasteiger partial charge in [-0.3, -0.25) is 4.79 Å². The Morgan fingerprint density at radius 3 is 2.39 bits per heavy atom. The number of carbonyl (C=O) groups excluding carboxylic acids is 1. The van der Waals surface area contributed by atoms with E-state index in [1.54, 1.807) is 24.3 Å². The minimum absolute atomic E-state index is 0.213. The highest BCUT2D eigenvalue weighted by atomic mass is 32.2. The van der Waals surface area contributed by atoms with Gasteiger partial charge >= 0.3 is 0 Å². The molecule has 4 rings (SSSR count). The number of nitrogens with one attached hydrogen (secondary N) is 1. The minimum atomic E-state index is -3.54. The standard InChI is InChI=1S/C22H22N2O3S/c25-22(21-13-6-9-17-8-2-3-12-20(17)21)23-18-10-7-11-19(16-18)28(26,27)24-14-4-1-5-15-24/h2-3,6-13,16H,1,4-5,14-15H2,(H,23,25). The van der Waals surface area contributed by atoms with Crippen molar-refractivity contribution in [3.05, 3.63) is 72.3 Å². The van der Waals surface area contributed by atoms with Gasteiger partial charge in [0, 0.05) is 24.3 Å². The second kappa shape index (κ2) is 7.73. The van der Waals surface area contributed by atoms with Crippen LogP contribution in [0.2, 0.25) is 0 Å². The normalized spacial score (nSPS) is 15.4. The van der Waals surface area contributed by atoms with E-state index in [0.29, 0.717) is 24.3 Å². The molecule has 1 aliphatic heterocycles. The molecule has 3 aromatic carbocycles. The smallest absolute Gasteiger partial charge is 0.256 e. The molecular weight excluding hydrogens is 372 g/mol. The molecule has 0 saturated carbocycles. The lowest BCUT2D eigenvalue weighted by atomic mass is 10.0. The number of rotatable bonds is 4. The fourth-order valence-electron chi connectivity index (χ4n) is 3.61. The van der Waals surface area contributed by atoms with E-state index in [1.807, 2.05) is 36.4 Å². The second-order valence-electron chi connectivity index (χ2n) is 6.97. The van der Waals surface area contributed by atoms with Gasteiger partial charge < -0.3 is 5.32 Å². The Hall–Kier alpha value is -2.70. The first-order valence-electron chi connectivity index (χ1n) is 9.45. The molecule has 0 unspecified atom stereocenters. The molecule has 0 bridgehead atoms. The number of sulfonamides is 1. The molecule has 28 heavy (non-hydrogen) atoms. The van der Waals surface area contributed by atoms with Crippen LogP contribution >= 0.6 is 0 Å². The van der Waals surface area contributed by atoms with Crippen LogP contribution in [-0.2, 0) is 10.0 Å². The molecule has 0 atom stereocenters. The number of hydrogen-bond acceptors (Lipinski definition) is 3. The average molecular weight is 394 g/mol. The van der Waals surface area contributed by atoms with Gasteiger partial charge in [-0.05, 0) is 47.9 Å².